The predicted octanol–water partition coefficient (Wildman–Crippen LogP) is 5.90. The van der Waals surface area contributed by atoms with Crippen molar-refractivity contribution in [3.05, 3.63) is 95.3 Å². The molecule has 2 heterocycles. The number of phenols is 1. The molecule has 2 saturated heterocycles. The lowest BCUT2D eigenvalue weighted by molar-refractivity contribution is -0.274. The van der Waals surface area contributed by atoms with E-state index in [2.05, 4.69) is 4.74 Å². The molecule has 7 rings (SSSR count). The Labute approximate surface area is 289 Å². The second-order valence-electron chi connectivity index (χ2n) is 12.4. The van der Waals surface area contributed by atoms with Gasteiger partial charge in [-0.25, -0.2) is 14.1 Å². The molecule has 2 aliphatic carbocycles. The van der Waals surface area contributed by atoms with E-state index in [0.717, 1.165) is 53.4 Å². The lowest BCUT2D eigenvalue weighted by Crippen LogP contribution is -2.60. The fourth-order valence-electron chi connectivity index (χ4n) is 7.74. The Balaban J connectivity index is 1.41. The van der Waals surface area contributed by atoms with Gasteiger partial charge in [-0.3, -0.25) is 24.1 Å². The first kappa shape index (κ1) is 33.5. The number of aromatic hydroxyl groups is 1. The van der Waals surface area contributed by atoms with E-state index >= 15 is 0 Å². The number of benzene rings is 3. The normalized spacial score (nSPS) is 29.0. The molecule has 16 heteroatoms. The number of carbonyl (C=O) groups is 5. The van der Waals surface area contributed by atoms with Crippen LogP contribution in [0.3, 0.4) is 0 Å². The van der Waals surface area contributed by atoms with Crippen molar-refractivity contribution in [3.8, 4) is 11.5 Å². The number of carboxylic acid groups (broad SMARTS) is 1. The lowest BCUT2D eigenvalue weighted by atomic mass is 9.56. The Morgan fingerprint density at radius 2 is 1.58 bits per heavy atom. The number of allylic oxidation sites excluding steroid dienone is 2. The molecular weight excluding hydrogens is 711 g/mol. The molecule has 6 atom stereocenters. The quantitative estimate of drug-likeness (QED) is 0.143. The first-order valence-electron chi connectivity index (χ1n) is 15.0. The number of carboxylic acids is 1. The molecule has 0 aromatic heterocycles. The van der Waals surface area contributed by atoms with Gasteiger partial charge >= 0.3 is 12.3 Å². The number of imide groups is 2. The highest BCUT2D eigenvalue weighted by Crippen LogP contribution is 2.66. The minimum Gasteiger partial charge on any atom is -0.508 e. The van der Waals surface area contributed by atoms with Crippen LogP contribution in [-0.2, 0) is 19.2 Å². The van der Waals surface area contributed by atoms with E-state index in [1.54, 1.807) is 0 Å². The second kappa shape index (κ2) is 11.3. The number of hydrogen-bond acceptors (Lipinski definition) is 7. The number of phenolic OH excluding ortho intramolecular Hbond substituents is 1. The van der Waals surface area contributed by atoms with Gasteiger partial charge in [-0.15, -0.1) is 36.4 Å². The van der Waals surface area contributed by atoms with Crippen molar-refractivity contribution in [1.82, 2.24) is 0 Å². The zero-order valence-electron chi connectivity index (χ0n) is 25.2. The summed E-state index contributed by atoms with van der Waals surface area (Å²) in [5.74, 6) is -12.2. The van der Waals surface area contributed by atoms with Gasteiger partial charge in [0, 0.05) is 11.5 Å². The van der Waals surface area contributed by atoms with Crippen LogP contribution in [0, 0.1) is 23.6 Å². The Kier molecular flexibility index (Phi) is 7.57. The van der Waals surface area contributed by atoms with Crippen molar-refractivity contribution in [2.75, 3.05) is 9.80 Å². The van der Waals surface area contributed by atoms with E-state index in [9.17, 15) is 51.7 Å². The summed E-state index contributed by atoms with van der Waals surface area (Å²) in [4.78, 5) is 64.8. The summed E-state index contributed by atoms with van der Waals surface area (Å²) in [6, 6.07) is 11.8. The molecule has 3 aromatic rings. The highest BCUT2D eigenvalue weighted by molar-refractivity contribution is 6.58. The van der Waals surface area contributed by atoms with E-state index < -0.39 is 93.1 Å². The van der Waals surface area contributed by atoms with Crippen LogP contribution in [0.1, 0.15) is 34.7 Å². The molecule has 1 saturated carbocycles. The van der Waals surface area contributed by atoms with Crippen molar-refractivity contribution in [1.29, 1.82) is 0 Å². The van der Waals surface area contributed by atoms with Crippen molar-refractivity contribution in [3.63, 3.8) is 0 Å². The van der Waals surface area contributed by atoms with Gasteiger partial charge in [-0.1, -0.05) is 17.7 Å². The molecule has 10 nitrogen and oxygen atoms in total. The highest BCUT2D eigenvalue weighted by Gasteiger charge is 2.77. The molecule has 0 spiro atoms. The number of aromatic carboxylic acids is 1. The summed E-state index contributed by atoms with van der Waals surface area (Å²) in [6.07, 6.45) is -4.30. The van der Waals surface area contributed by atoms with Gasteiger partial charge < -0.3 is 14.9 Å². The average Bonchev–Trinajstić information content (AvgIpc) is 3.39. The van der Waals surface area contributed by atoms with Crippen LogP contribution in [-0.4, -0.2) is 55.9 Å². The van der Waals surface area contributed by atoms with Gasteiger partial charge in [0.25, 0.3) is 11.8 Å². The molecule has 0 unspecified atom stereocenters. The van der Waals surface area contributed by atoms with E-state index in [0.29, 0.717) is 4.90 Å². The van der Waals surface area contributed by atoms with Gasteiger partial charge in [-0.05, 0) is 79.4 Å². The van der Waals surface area contributed by atoms with E-state index in [1.807, 2.05) is 0 Å². The molecule has 0 radical (unpaired) electrons. The number of rotatable bonds is 5. The largest absolute Gasteiger partial charge is 0.573 e. The lowest BCUT2D eigenvalue weighted by Gasteiger charge is -2.50. The van der Waals surface area contributed by atoms with Crippen LogP contribution < -0.4 is 14.5 Å². The molecule has 0 bridgehead atoms. The van der Waals surface area contributed by atoms with E-state index in [-0.39, 0.29) is 34.5 Å². The number of amides is 4. The SMILES string of the molecule is O=C(O)c1cccc(N2C(=O)[C@H]3[C@H](CC=C4[C@H]3C[C@@]3(Cl)C(=O)N(c5ccc(F)cc5)C(=O)[C@@]3(Cl)[C@H]4c3cc(OC(F)(F)F)ccc3O)C2=O)c1. The summed E-state index contributed by atoms with van der Waals surface area (Å²) in [6.45, 7) is 0. The summed E-state index contributed by atoms with van der Waals surface area (Å²) < 4.78 is 57.8. The van der Waals surface area contributed by atoms with Gasteiger partial charge in [0.1, 0.15) is 17.3 Å². The maximum Gasteiger partial charge on any atom is 0.573 e. The monoisotopic (exact) mass is 732 g/mol. The molecule has 258 valence electrons. The van der Waals surface area contributed by atoms with Crippen LogP contribution in [0.15, 0.2) is 78.4 Å². The third-order valence-corrected chi connectivity index (χ3v) is 11.2. The first-order chi connectivity index (χ1) is 23.5. The molecule has 3 aromatic carbocycles. The zero-order valence-corrected chi connectivity index (χ0v) is 26.7. The summed E-state index contributed by atoms with van der Waals surface area (Å²) in [5, 5.41) is 20.6. The minimum absolute atomic E-state index is 0.0280. The Morgan fingerprint density at radius 3 is 2.24 bits per heavy atom. The maximum atomic E-state index is 14.4. The fourth-order valence-corrected chi connectivity index (χ4v) is 8.66. The number of ether oxygens (including phenoxy) is 1. The molecular formula is C34H22Cl2F4N2O8. The van der Waals surface area contributed by atoms with Crippen molar-refractivity contribution in [2.24, 2.45) is 17.8 Å². The number of alkyl halides is 5. The fraction of sp³-hybridized carbons (Fsp3) is 0.265. The average molecular weight is 733 g/mol. The van der Waals surface area contributed by atoms with Crippen LogP contribution in [0.2, 0.25) is 0 Å². The number of halogens is 6. The summed E-state index contributed by atoms with van der Waals surface area (Å²) in [5.41, 5.74) is -0.583. The number of fused-ring (bicyclic) bond motifs is 4. The molecule has 50 heavy (non-hydrogen) atoms. The van der Waals surface area contributed by atoms with Crippen molar-refractivity contribution < 1.29 is 56.5 Å². The van der Waals surface area contributed by atoms with E-state index in [4.69, 9.17) is 23.2 Å². The van der Waals surface area contributed by atoms with E-state index in [1.165, 1.54) is 24.3 Å². The van der Waals surface area contributed by atoms with Crippen LogP contribution in [0.25, 0.3) is 0 Å². The summed E-state index contributed by atoms with van der Waals surface area (Å²) in [7, 11) is 0. The Morgan fingerprint density at radius 1 is 0.880 bits per heavy atom. The predicted molar refractivity (Wildman–Crippen MR) is 167 cm³/mol. The second-order valence-corrected chi connectivity index (χ2v) is 13.6. The van der Waals surface area contributed by atoms with Crippen LogP contribution in [0.4, 0.5) is 28.9 Å². The van der Waals surface area contributed by atoms with Gasteiger partial charge in [-0.2, -0.15) is 0 Å². The highest BCUT2D eigenvalue weighted by atomic mass is 35.5. The molecule has 4 amide bonds. The molecule has 4 aliphatic rings. The van der Waals surface area contributed by atoms with Crippen LogP contribution in [0.5, 0.6) is 11.5 Å². The molecule has 3 fully saturated rings. The third-order valence-electron chi connectivity index (χ3n) is 9.79. The Hall–Kier alpha value is -4.95. The van der Waals surface area contributed by atoms with Gasteiger partial charge in [0.2, 0.25) is 11.8 Å². The van der Waals surface area contributed by atoms with Gasteiger partial charge in [0.15, 0.2) is 9.75 Å². The Bertz CT molecular complexity index is 2060. The molecule has 2 N–H and O–H groups in total. The van der Waals surface area contributed by atoms with Crippen molar-refractivity contribution in [2.45, 2.75) is 34.9 Å². The van der Waals surface area contributed by atoms with Crippen molar-refractivity contribution >= 4 is 64.2 Å². The van der Waals surface area contributed by atoms with Crippen LogP contribution >= 0.6 is 23.2 Å². The number of anilines is 2. The van der Waals surface area contributed by atoms with Gasteiger partial charge in [0.05, 0.1) is 28.8 Å². The molecule has 2 aliphatic heterocycles. The number of carbonyl (C=O) groups excluding carboxylic acids is 4. The smallest absolute Gasteiger partial charge is 0.508 e. The minimum atomic E-state index is -5.16. The number of hydrogen-bond donors (Lipinski definition) is 2. The first-order valence-corrected chi connectivity index (χ1v) is 15.8. The maximum absolute atomic E-state index is 14.4. The zero-order chi connectivity index (χ0) is 36.1. The third kappa shape index (κ3) is 4.79. The topological polar surface area (TPSA) is 142 Å². The summed E-state index contributed by atoms with van der Waals surface area (Å²) >= 11 is 14.4. The number of nitrogens with zero attached hydrogens (tertiary/aromatic N) is 2. The standard InChI is InChI=1S/C34H22Cl2F4N2O8/c35-32-14-23-20(9-10-21-25(23)28(45)41(27(21)44)18-3-1-2-15(12-18)29(46)47)26(22-13-19(8-11-24(22)43)50-34(38,39)40)33(32,36)31(49)42(30(32)48)17-6-4-16(37)5-7-17/h1-9,11-13,21,23,25-26,43H,10,14H2,(H,46,47)/t21-,23+,25-,26+,32+,33-/m0/s1.